The molecule has 9 N–H and O–H groups in total. The van der Waals surface area contributed by atoms with E-state index in [1.54, 1.807) is 0 Å². The summed E-state index contributed by atoms with van der Waals surface area (Å²) in [4.78, 5) is 11.6. The molecule has 23 heavy (non-hydrogen) atoms. The highest BCUT2D eigenvalue weighted by Gasteiger charge is 2.74. The van der Waals surface area contributed by atoms with Crippen molar-refractivity contribution in [2.24, 2.45) is 0 Å². The fourth-order valence-electron chi connectivity index (χ4n) is 2.72. The molecule has 2 rings (SSSR count). The lowest BCUT2D eigenvalue weighted by molar-refractivity contribution is -0.430. The molecule has 9 atom stereocenters. The fraction of sp³-hybridized carbons (Fsp3) is 0.909. The van der Waals surface area contributed by atoms with Gasteiger partial charge in [0.25, 0.3) is 5.60 Å². The van der Waals surface area contributed by atoms with E-state index in [-0.39, 0.29) is 0 Å². The number of carboxylic acid groups (broad SMARTS) is 1. The minimum absolute atomic E-state index is 0.853. The standard InChI is InChI=1S/C11H18O12/c12-2-1-22-11(21,7(17)3(2)13)10(9(19)20)6(16)4(14)5(15)8(18)23-10/h2-8,12-18,21H,1H2,(H,19,20)/t2-,3+,4+,5+,6+,7-,8-,10-,11?/m1/s1. The highest BCUT2D eigenvalue weighted by molar-refractivity contribution is 5.80. The number of rotatable bonds is 2. The number of aliphatic carboxylic acids is 1. The first-order valence-electron chi connectivity index (χ1n) is 6.54. The summed E-state index contributed by atoms with van der Waals surface area (Å²) >= 11 is 0. The first-order chi connectivity index (χ1) is 10.5. The maximum atomic E-state index is 11.6. The lowest BCUT2D eigenvalue weighted by atomic mass is 9.75. The lowest BCUT2D eigenvalue weighted by Crippen LogP contribution is -2.82. The third-order valence-corrected chi connectivity index (χ3v) is 4.13. The van der Waals surface area contributed by atoms with E-state index in [4.69, 9.17) is 4.74 Å². The lowest BCUT2D eigenvalue weighted by Gasteiger charge is -2.54. The summed E-state index contributed by atoms with van der Waals surface area (Å²) in [5, 5.41) is 87.4. The molecule has 0 aliphatic carbocycles. The monoisotopic (exact) mass is 342 g/mol. The minimum Gasteiger partial charge on any atom is -0.479 e. The SMILES string of the molecule is O=C(O)[C@]1(C2(O)OC[C@@H](O)[C@H](O)[C@H]2O)O[C@@H](O)[C@@H](O)[C@H](O)[C@@H]1O. The van der Waals surface area contributed by atoms with Gasteiger partial charge in [0.2, 0.25) is 5.79 Å². The van der Waals surface area contributed by atoms with Crippen molar-refractivity contribution in [2.45, 2.75) is 54.3 Å². The van der Waals surface area contributed by atoms with Gasteiger partial charge in [0.15, 0.2) is 6.29 Å². The summed E-state index contributed by atoms with van der Waals surface area (Å²) in [6, 6.07) is 0. The molecule has 2 fully saturated rings. The highest BCUT2D eigenvalue weighted by Crippen LogP contribution is 2.43. The average molecular weight is 342 g/mol. The number of aliphatic hydroxyl groups excluding tert-OH is 7. The zero-order chi connectivity index (χ0) is 17.7. The number of ether oxygens (including phenoxy) is 2. The molecule has 2 aliphatic rings. The Bertz CT molecular complexity index is 472. The van der Waals surface area contributed by atoms with Gasteiger partial charge in [-0.2, -0.15) is 0 Å². The summed E-state index contributed by atoms with van der Waals surface area (Å²) < 4.78 is 9.29. The van der Waals surface area contributed by atoms with Crippen molar-refractivity contribution < 1.29 is 60.2 Å². The van der Waals surface area contributed by atoms with Crippen LogP contribution in [0.4, 0.5) is 0 Å². The number of hydrogen-bond acceptors (Lipinski definition) is 11. The number of carboxylic acids is 1. The van der Waals surface area contributed by atoms with Crippen LogP contribution in [-0.2, 0) is 14.3 Å². The van der Waals surface area contributed by atoms with Crippen LogP contribution in [0.5, 0.6) is 0 Å². The van der Waals surface area contributed by atoms with Crippen LogP contribution < -0.4 is 0 Å². The molecular formula is C11H18O12. The van der Waals surface area contributed by atoms with E-state index in [1.807, 2.05) is 0 Å². The molecular weight excluding hydrogens is 324 g/mol. The Labute approximate surface area is 128 Å². The summed E-state index contributed by atoms with van der Waals surface area (Å²) in [6.45, 7) is -0.853. The van der Waals surface area contributed by atoms with Crippen molar-refractivity contribution in [1.82, 2.24) is 0 Å². The van der Waals surface area contributed by atoms with Gasteiger partial charge in [0.1, 0.15) is 36.6 Å². The Morgan fingerprint density at radius 1 is 0.913 bits per heavy atom. The third-order valence-electron chi connectivity index (χ3n) is 4.13. The number of hydrogen-bond donors (Lipinski definition) is 9. The van der Waals surface area contributed by atoms with E-state index in [0.717, 1.165) is 0 Å². The first-order valence-corrected chi connectivity index (χ1v) is 6.54. The second kappa shape index (κ2) is 5.86. The Kier molecular flexibility index (Phi) is 4.69. The highest BCUT2D eigenvalue weighted by atomic mass is 16.7. The summed E-state index contributed by atoms with van der Waals surface area (Å²) in [5.74, 6) is -5.53. The van der Waals surface area contributed by atoms with Crippen LogP contribution >= 0.6 is 0 Å². The van der Waals surface area contributed by atoms with Crippen molar-refractivity contribution >= 4 is 5.97 Å². The van der Waals surface area contributed by atoms with Crippen molar-refractivity contribution in [3.8, 4) is 0 Å². The molecule has 12 heteroatoms. The van der Waals surface area contributed by atoms with Crippen molar-refractivity contribution in [3.05, 3.63) is 0 Å². The maximum absolute atomic E-state index is 11.6. The van der Waals surface area contributed by atoms with Crippen LogP contribution in [0, 0.1) is 0 Å². The van der Waals surface area contributed by atoms with Gasteiger partial charge in [-0.25, -0.2) is 4.79 Å². The molecule has 0 aromatic heterocycles. The molecule has 134 valence electrons. The minimum atomic E-state index is -3.37. The maximum Gasteiger partial charge on any atom is 0.344 e. The van der Waals surface area contributed by atoms with Crippen LogP contribution in [-0.4, -0.2) is 113 Å². The average Bonchev–Trinajstić information content (AvgIpc) is 2.50. The third kappa shape index (κ3) is 2.35. The molecule has 0 aromatic carbocycles. The van der Waals surface area contributed by atoms with Crippen molar-refractivity contribution in [2.75, 3.05) is 6.61 Å². The van der Waals surface area contributed by atoms with Crippen LogP contribution in [0.2, 0.25) is 0 Å². The Morgan fingerprint density at radius 3 is 2.00 bits per heavy atom. The molecule has 1 unspecified atom stereocenters. The molecule has 0 saturated carbocycles. The largest absolute Gasteiger partial charge is 0.479 e. The zero-order valence-electron chi connectivity index (χ0n) is 11.5. The van der Waals surface area contributed by atoms with Crippen molar-refractivity contribution in [3.63, 3.8) is 0 Å². The molecule has 0 radical (unpaired) electrons. The molecule has 0 bridgehead atoms. The van der Waals surface area contributed by atoms with Gasteiger partial charge >= 0.3 is 5.97 Å². The van der Waals surface area contributed by atoms with Gasteiger partial charge in [0, 0.05) is 0 Å². The van der Waals surface area contributed by atoms with Crippen LogP contribution in [0.3, 0.4) is 0 Å². The Hall–Kier alpha value is -0.930. The van der Waals surface area contributed by atoms with E-state index in [2.05, 4.69) is 4.74 Å². The number of carbonyl (C=O) groups is 1. The van der Waals surface area contributed by atoms with Crippen LogP contribution in [0.1, 0.15) is 0 Å². The summed E-state index contributed by atoms with van der Waals surface area (Å²) in [6.07, 6.45) is -15.6. The Balaban J connectivity index is 2.55. The van der Waals surface area contributed by atoms with Gasteiger partial charge < -0.3 is 55.4 Å². The molecule has 2 heterocycles. The molecule has 0 aromatic rings. The normalized spacial score (nSPS) is 54.7. The Morgan fingerprint density at radius 2 is 1.48 bits per heavy atom. The van der Waals surface area contributed by atoms with Crippen LogP contribution in [0.15, 0.2) is 0 Å². The van der Waals surface area contributed by atoms with Gasteiger partial charge in [-0.3, -0.25) is 0 Å². The van der Waals surface area contributed by atoms with Crippen LogP contribution in [0.25, 0.3) is 0 Å². The van der Waals surface area contributed by atoms with Gasteiger partial charge in [-0.05, 0) is 0 Å². The smallest absolute Gasteiger partial charge is 0.344 e. The molecule has 2 aliphatic heterocycles. The topological polar surface area (TPSA) is 218 Å². The molecule has 0 spiro atoms. The van der Waals surface area contributed by atoms with E-state index in [9.17, 15) is 50.8 Å². The van der Waals surface area contributed by atoms with E-state index >= 15 is 0 Å². The predicted octanol–water partition coefficient (Wildman–Crippen LogP) is -5.96. The zero-order valence-corrected chi connectivity index (χ0v) is 11.5. The molecule has 2 saturated heterocycles. The summed E-state index contributed by atoms with van der Waals surface area (Å²) in [5.41, 5.74) is -3.37. The van der Waals surface area contributed by atoms with Gasteiger partial charge in [-0.15, -0.1) is 0 Å². The van der Waals surface area contributed by atoms with Gasteiger partial charge in [-0.1, -0.05) is 0 Å². The van der Waals surface area contributed by atoms with E-state index in [0.29, 0.717) is 0 Å². The second-order valence-electron chi connectivity index (χ2n) is 5.49. The molecule has 0 amide bonds. The van der Waals surface area contributed by atoms with Crippen molar-refractivity contribution in [1.29, 1.82) is 0 Å². The quantitative estimate of drug-likeness (QED) is 0.229. The summed E-state index contributed by atoms with van der Waals surface area (Å²) in [7, 11) is 0. The van der Waals surface area contributed by atoms with E-state index in [1.165, 1.54) is 0 Å². The fourth-order valence-corrected chi connectivity index (χ4v) is 2.72. The first kappa shape index (κ1) is 18.4. The number of aliphatic hydroxyl groups is 8. The van der Waals surface area contributed by atoms with Gasteiger partial charge in [0.05, 0.1) is 6.61 Å². The molecule has 12 nitrogen and oxygen atoms in total. The predicted molar refractivity (Wildman–Crippen MR) is 64.4 cm³/mol. The van der Waals surface area contributed by atoms with E-state index < -0.39 is 66.9 Å². The second-order valence-corrected chi connectivity index (χ2v) is 5.49.